The molecule has 0 aliphatic rings. The Morgan fingerprint density at radius 3 is 2.33 bits per heavy atom. The average Bonchev–Trinajstić information content (AvgIpc) is 3.18. The van der Waals surface area contributed by atoms with Crippen molar-refractivity contribution in [2.75, 3.05) is 10.0 Å². The molecule has 5 nitrogen and oxygen atoms in total. The van der Waals surface area contributed by atoms with Gasteiger partial charge in [-0.25, -0.2) is 8.42 Å². The predicted octanol–water partition coefficient (Wildman–Crippen LogP) is 4.85. The molecule has 2 aromatic carbocycles. The fourth-order valence-corrected chi connectivity index (χ4v) is 4.41. The fourth-order valence-electron chi connectivity index (χ4n) is 2.21. The molecule has 1 amide bonds. The highest BCUT2D eigenvalue weighted by Crippen LogP contribution is 2.26. The highest BCUT2D eigenvalue weighted by Gasteiger charge is 2.17. The van der Waals surface area contributed by atoms with E-state index in [9.17, 15) is 13.2 Å². The van der Waals surface area contributed by atoms with Crippen LogP contribution in [0.1, 0.15) is 5.56 Å². The molecule has 0 atom stereocenters. The van der Waals surface area contributed by atoms with Crippen molar-refractivity contribution in [1.29, 1.82) is 0 Å². The topological polar surface area (TPSA) is 75.3 Å². The minimum atomic E-state index is -3.70. The van der Waals surface area contributed by atoms with E-state index in [-0.39, 0.29) is 10.1 Å². The van der Waals surface area contributed by atoms with E-state index in [1.807, 2.05) is 0 Å². The lowest BCUT2D eigenvalue weighted by molar-refractivity contribution is -0.111. The molecular formula is C19H15ClN2O3S2. The lowest BCUT2D eigenvalue weighted by Crippen LogP contribution is -2.15. The summed E-state index contributed by atoms with van der Waals surface area (Å²) in [5, 5.41) is 4.98. The molecule has 2 N–H and O–H groups in total. The standard InChI is InChI=1S/C19H15ClN2O3S2/c20-15-10-7-14(8-11-15)9-12-18(23)21-16-4-1-2-5-17(16)22-27(24,25)19-6-3-13-26-19/h1-13,22H,(H,21,23)/b12-9+. The second-order valence-corrected chi connectivity index (χ2v) is 8.75. The van der Waals surface area contributed by atoms with Crippen molar-refractivity contribution in [3.05, 3.63) is 82.7 Å². The maximum Gasteiger partial charge on any atom is 0.271 e. The van der Waals surface area contributed by atoms with E-state index in [0.717, 1.165) is 16.9 Å². The average molecular weight is 419 g/mol. The maximum atomic E-state index is 12.4. The highest BCUT2D eigenvalue weighted by molar-refractivity contribution is 7.94. The molecule has 3 rings (SSSR count). The van der Waals surface area contributed by atoms with Gasteiger partial charge in [0.25, 0.3) is 10.0 Å². The first-order valence-electron chi connectivity index (χ1n) is 7.84. The Kier molecular flexibility index (Phi) is 5.95. The first-order chi connectivity index (χ1) is 12.9. The fraction of sp³-hybridized carbons (Fsp3) is 0. The second kappa shape index (κ2) is 8.39. The van der Waals surface area contributed by atoms with Crippen LogP contribution < -0.4 is 10.0 Å². The minimum Gasteiger partial charge on any atom is -0.321 e. The third kappa shape index (κ3) is 5.19. The number of carbonyl (C=O) groups excluding carboxylic acids is 1. The first-order valence-corrected chi connectivity index (χ1v) is 10.6. The Balaban J connectivity index is 1.74. The Bertz CT molecular complexity index is 1060. The monoisotopic (exact) mass is 418 g/mol. The van der Waals surface area contributed by atoms with E-state index in [0.29, 0.717) is 16.4 Å². The predicted molar refractivity (Wildman–Crippen MR) is 111 cm³/mol. The van der Waals surface area contributed by atoms with Crippen molar-refractivity contribution in [1.82, 2.24) is 0 Å². The van der Waals surface area contributed by atoms with Crippen LogP contribution in [0, 0.1) is 0 Å². The summed E-state index contributed by atoms with van der Waals surface area (Å²) >= 11 is 6.95. The van der Waals surface area contributed by atoms with Gasteiger partial charge >= 0.3 is 0 Å². The lowest BCUT2D eigenvalue weighted by atomic mass is 10.2. The molecule has 1 heterocycles. The lowest BCUT2D eigenvalue weighted by Gasteiger charge is -2.12. The van der Waals surface area contributed by atoms with Crippen molar-refractivity contribution in [3.8, 4) is 0 Å². The van der Waals surface area contributed by atoms with E-state index in [4.69, 9.17) is 11.6 Å². The number of nitrogens with one attached hydrogen (secondary N) is 2. The smallest absolute Gasteiger partial charge is 0.271 e. The quantitative estimate of drug-likeness (QED) is 0.561. The largest absolute Gasteiger partial charge is 0.321 e. The summed E-state index contributed by atoms with van der Waals surface area (Å²) in [6, 6.07) is 16.8. The Morgan fingerprint density at radius 1 is 0.963 bits per heavy atom. The molecular weight excluding hydrogens is 404 g/mol. The molecule has 0 unspecified atom stereocenters. The van der Waals surface area contributed by atoms with Crippen LogP contribution in [0.15, 0.2) is 76.3 Å². The maximum absolute atomic E-state index is 12.4. The van der Waals surface area contributed by atoms with Crippen LogP contribution in [0.2, 0.25) is 5.02 Å². The highest BCUT2D eigenvalue weighted by atomic mass is 35.5. The van der Waals surface area contributed by atoms with E-state index >= 15 is 0 Å². The molecule has 0 radical (unpaired) electrons. The van der Waals surface area contributed by atoms with Gasteiger partial charge in [-0.1, -0.05) is 41.9 Å². The summed E-state index contributed by atoms with van der Waals surface area (Å²) in [7, 11) is -3.70. The zero-order valence-corrected chi connectivity index (χ0v) is 16.3. The zero-order valence-electron chi connectivity index (χ0n) is 13.9. The molecule has 0 fully saturated rings. The summed E-state index contributed by atoms with van der Waals surface area (Å²) in [5.74, 6) is -0.382. The number of rotatable bonds is 6. The number of benzene rings is 2. The van der Waals surface area contributed by atoms with Gasteiger partial charge in [0, 0.05) is 11.1 Å². The molecule has 0 saturated carbocycles. The minimum absolute atomic E-state index is 0.200. The Morgan fingerprint density at radius 2 is 1.67 bits per heavy atom. The van der Waals surface area contributed by atoms with Gasteiger partial charge in [0.1, 0.15) is 4.21 Å². The van der Waals surface area contributed by atoms with E-state index < -0.39 is 10.0 Å². The second-order valence-electron chi connectivity index (χ2n) is 5.46. The normalized spacial score (nSPS) is 11.4. The van der Waals surface area contributed by atoms with Gasteiger partial charge in [-0.3, -0.25) is 9.52 Å². The van der Waals surface area contributed by atoms with Gasteiger partial charge in [0.2, 0.25) is 5.91 Å². The Labute approximate surface area is 166 Å². The number of hydrogen-bond donors (Lipinski definition) is 2. The molecule has 0 spiro atoms. The summed E-state index contributed by atoms with van der Waals surface area (Å²) in [6.07, 6.45) is 3.01. The zero-order chi connectivity index (χ0) is 19.3. The first kappa shape index (κ1) is 19.2. The Hall–Kier alpha value is -2.61. The van der Waals surface area contributed by atoms with Gasteiger partial charge in [0.05, 0.1) is 11.4 Å². The van der Waals surface area contributed by atoms with Crippen molar-refractivity contribution < 1.29 is 13.2 Å². The molecule has 0 saturated heterocycles. The van der Waals surface area contributed by atoms with Crippen LogP contribution >= 0.6 is 22.9 Å². The van der Waals surface area contributed by atoms with Crippen LogP contribution in [0.4, 0.5) is 11.4 Å². The van der Waals surface area contributed by atoms with Gasteiger partial charge in [-0.05, 0) is 47.4 Å². The number of thiophene rings is 1. The van der Waals surface area contributed by atoms with Crippen LogP contribution in [0.5, 0.6) is 0 Å². The number of carbonyl (C=O) groups is 1. The molecule has 3 aromatic rings. The van der Waals surface area contributed by atoms with Gasteiger partial charge in [-0.2, -0.15) is 0 Å². The molecule has 27 heavy (non-hydrogen) atoms. The number of hydrogen-bond acceptors (Lipinski definition) is 4. The summed E-state index contributed by atoms with van der Waals surface area (Å²) < 4.78 is 27.5. The molecule has 1 aromatic heterocycles. The van der Waals surface area contributed by atoms with Crippen LogP contribution in [-0.4, -0.2) is 14.3 Å². The molecule has 0 aliphatic heterocycles. The molecule has 0 bridgehead atoms. The van der Waals surface area contributed by atoms with Crippen LogP contribution in [0.3, 0.4) is 0 Å². The molecule has 0 aliphatic carbocycles. The van der Waals surface area contributed by atoms with Crippen LogP contribution in [0.25, 0.3) is 6.08 Å². The number of sulfonamides is 1. The van der Waals surface area contributed by atoms with Crippen LogP contribution in [-0.2, 0) is 14.8 Å². The number of amides is 1. The van der Waals surface area contributed by atoms with Crippen molar-refractivity contribution >= 4 is 56.3 Å². The number of halogens is 1. The van der Waals surface area contributed by atoms with Gasteiger partial charge in [0.15, 0.2) is 0 Å². The molecule has 8 heteroatoms. The van der Waals surface area contributed by atoms with Gasteiger partial charge < -0.3 is 5.32 Å². The summed E-state index contributed by atoms with van der Waals surface area (Å²) in [4.78, 5) is 12.2. The summed E-state index contributed by atoms with van der Waals surface area (Å²) in [6.45, 7) is 0. The van der Waals surface area contributed by atoms with E-state index in [2.05, 4.69) is 10.0 Å². The van der Waals surface area contributed by atoms with Gasteiger partial charge in [-0.15, -0.1) is 11.3 Å². The van der Waals surface area contributed by atoms with E-state index in [1.165, 1.54) is 12.1 Å². The van der Waals surface area contributed by atoms with Crippen molar-refractivity contribution in [2.24, 2.45) is 0 Å². The van der Waals surface area contributed by atoms with E-state index in [1.54, 1.807) is 66.1 Å². The third-order valence-corrected chi connectivity index (χ3v) is 6.50. The molecule has 138 valence electrons. The number of anilines is 2. The SMILES string of the molecule is O=C(/C=C/c1ccc(Cl)cc1)Nc1ccccc1NS(=O)(=O)c1cccs1. The number of para-hydroxylation sites is 2. The third-order valence-electron chi connectivity index (χ3n) is 3.49. The van der Waals surface area contributed by atoms with Crippen molar-refractivity contribution in [2.45, 2.75) is 4.21 Å². The summed E-state index contributed by atoms with van der Waals surface area (Å²) in [5.41, 5.74) is 1.48. The van der Waals surface area contributed by atoms with Crippen molar-refractivity contribution in [3.63, 3.8) is 0 Å².